The largest absolute Gasteiger partial charge is 0.349 e. The molecule has 1 amide bonds. The standard InChI is InChI=1S/C27H35NO2/c1-17(18-7-5-4-6-8-18)25(30)22-11-10-20-19-9-12-23-27(3,16-14-24(29)28-23)21(19)13-15-26(20,22)2/h4-8,14,16-17,19-23H,9-13,15H2,1-3H3,(H,28,29)/t17?,19-,20-,21-,22+,23+,26-,27+/m0/s1. The first-order valence-corrected chi connectivity index (χ1v) is 11.9. The van der Waals surface area contributed by atoms with Gasteiger partial charge < -0.3 is 5.32 Å². The molecule has 1 N–H and O–H groups in total. The lowest BCUT2D eigenvalue weighted by Gasteiger charge is -2.58. The number of carbonyl (C=O) groups excluding carboxylic acids is 2. The molecule has 3 heteroatoms. The van der Waals surface area contributed by atoms with Crippen molar-refractivity contribution in [3.8, 4) is 0 Å². The van der Waals surface area contributed by atoms with Crippen LogP contribution in [0.5, 0.6) is 0 Å². The van der Waals surface area contributed by atoms with Crippen molar-refractivity contribution in [2.75, 3.05) is 0 Å². The Bertz CT molecular complexity index is 876. The highest BCUT2D eigenvalue weighted by Crippen LogP contribution is 2.65. The molecular formula is C27H35NO2. The number of rotatable bonds is 3. The topological polar surface area (TPSA) is 46.2 Å². The summed E-state index contributed by atoms with van der Waals surface area (Å²) in [5.41, 5.74) is 1.35. The van der Waals surface area contributed by atoms with Crippen molar-refractivity contribution in [2.45, 2.75) is 71.3 Å². The predicted molar refractivity (Wildman–Crippen MR) is 119 cm³/mol. The van der Waals surface area contributed by atoms with Crippen LogP contribution in [0.4, 0.5) is 0 Å². The Balaban J connectivity index is 1.40. The lowest BCUT2D eigenvalue weighted by molar-refractivity contribution is -0.133. The molecule has 8 atom stereocenters. The van der Waals surface area contributed by atoms with Crippen molar-refractivity contribution in [1.82, 2.24) is 5.32 Å². The third-order valence-corrected chi connectivity index (χ3v) is 9.76. The van der Waals surface area contributed by atoms with E-state index in [0.717, 1.165) is 24.8 Å². The molecule has 5 rings (SSSR count). The fourth-order valence-corrected chi connectivity index (χ4v) is 8.01. The zero-order chi connectivity index (χ0) is 21.1. The summed E-state index contributed by atoms with van der Waals surface area (Å²) in [7, 11) is 0. The van der Waals surface area contributed by atoms with Crippen molar-refractivity contribution in [2.24, 2.45) is 34.5 Å². The van der Waals surface area contributed by atoms with Gasteiger partial charge in [0.15, 0.2) is 0 Å². The number of amides is 1. The van der Waals surface area contributed by atoms with E-state index in [2.05, 4.69) is 44.3 Å². The predicted octanol–water partition coefficient (Wildman–Crippen LogP) is 5.27. The summed E-state index contributed by atoms with van der Waals surface area (Å²) in [5.74, 6) is 2.62. The van der Waals surface area contributed by atoms with Crippen LogP contribution in [-0.2, 0) is 9.59 Å². The summed E-state index contributed by atoms with van der Waals surface area (Å²) < 4.78 is 0. The van der Waals surface area contributed by atoms with Crippen molar-refractivity contribution in [3.05, 3.63) is 48.0 Å². The summed E-state index contributed by atoms with van der Waals surface area (Å²) in [6.45, 7) is 6.89. The van der Waals surface area contributed by atoms with Crippen LogP contribution >= 0.6 is 0 Å². The van der Waals surface area contributed by atoms with E-state index >= 15 is 0 Å². The van der Waals surface area contributed by atoms with Gasteiger partial charge in [0.25, 0.3) is 0 Å². The lowest BCUT2D eigenvalue weighted by atomic mass is 9.47. The van der Waals surface area contributed by atoms with Gasteiger partial charge in [0.2, 0.25) is 5.91 Å². The minimum absolute atomic E-state index is 0.0192. The van der Waals surface area contributed by atoms with Crippen LogP contribution in [-0.4, -0.2) is 17.7 Å². The normalized spacial score (nSPS) is 43.2. The molecule has 0 radical (unpaired) electrons. The lowest BCUT2D eigenvalue weighted by Crippen LogP contribution is -2.59. The van der Waals surface area contributed by atoms with Crippen LogP contribution in [0.15, 0.2) is 42.5 Å². The highest BCUT2D eigenvalue weighted by atomic mass is 16.1. The molecule has 0 spiro atoms. The zero-order valence-corrected chi connectivity index (χ0v) is 18.6. The number of hydrogen-bond acceptors (Lipinski definition) is 2. The molecule has 0 saturated heterocycles. The number of nitrogens with one attached hydrogen (secondary N) is 1. The molecule has 1 unspecified atom stereocenters. The summed E-state index contributed by atoms with van der Waals surface area (Å²) in [6, 6.07) is 10.6. The fraction of sp³-hybridized carbons (Fsp3) is 0.630. The Morgan fingerprint density at radius 2 is 1.80 bits per heavy atom. The first kappa shape index (κ1) is 20.0. The van der Waals surface area contributed by atoms with Gasteiger partial charge in [-0.05, 0) is 73.3 Å². The summed E-state index contributed by atoms with van der Waals surface area (Å²) in [4.78, 5) is 25.6. The van der Waals surface area contributed by atoms with Gasteiger partial charge in [-0.2, -0.15) is 0 Å². The summed E-state index contributed by atoms with van der Waals surface area (Å²) >= 11 is 0. The summed E-state index contributed by atoms with van der Waals surface area (Å²) in [6.07, 6.45) is 10.8. The monoisotopic (exact) mass is 405 g/mol. The Morgan fingerprint density at radius 3 is 2.57 bits per heavy atom. The second kappa shape index (κ2) is 7.07. The zero-order valence-electron chi connectivity index (χ0n) is 18.6. The van der Waals surface area contributed by atoms with E-state index in [9.17, 15) is 9.59 Å². The molecule has 1 aromatic rings. The molecule has 30 heavy (non-hydrogen) atoms. The molecule has 1 heterocycles. The Morgan fingerprint density at radius 1 is 1.03 bits per heavy atom. The van der Waals surface area contributed by atoms with Crippen LogP contribution in [0.25, 0.3) is 0 Å². The molecule has 3 fully saturated rings. The van der Waals surface area contributed by atoms with Crippen molar-refractivity contribution in [3.63, 3.8) is 0 Å². The number of hydrogen-bond donors (Lipinski definition) is 1. The first-order valence-electron chi connectivity index (χ1n) is 11.9. The second-order valence-electron chi connectivity index (χ2n) is 10.9. The van der Waals surface area contributed by atoms with Gasteiger partial charge in [0.05, 0.1) is 0 Å². The van der Waals surface area contributed by atoms with Gasteiger partial charge in [-0.15, -0.1) is 0 Å². The van der Waals surface area contributed by atoms with Crippen molar-refractivity contribution in [1.29, 1.82) is 0 Å². The van der Waals surface area contributed by atoms with Crippen molar-refractivity contribution >= 4 is 11.7 Å². The Kier molecular flexibility index (Phi) is 4.72. The van der Waals surface area contributed by atoms with E-state index in [1.807, 2.05) is 18.2 Å². The van der Waals surface area contributed by atoms with Crippen LogP contribution in [0.3, 0.4) is 0 Å². The van der Waals surface area contributed by atoms with Crippen LogP contribution in [0, 0.1) is 34.5 Å². The van der Waals surface area contributed by atoms with Gasteiger partial charge in [0.1, 0.15) is 5.78 Å². The second-order valence-corrected chi connectivity index (χ2v) is 10.9. The van der Waals surface area contributed by atoms with E-state index in [1.165, 1.54) is 19.3 Å². The number of ketones is 1. The molecular weight excluding hydrogens is 370 g/mol. The number of carbonyl (C=O) groups is 2. The smallest absolute Gasteiger partial charge is 0.243 e. The van der Waals surface area contributed by atoms with Crippen LogP contribution in [0.1, 0.15) is 70.8 Å². The molecule has 0 bridgehead atoms. The Labute approximate surface area is 180 Å². The molecule has 160 valence electrons. The first-order chi connectivity index (χ1) is 14.3. The van der Waals surface area contributed by atoms with E-state index < -0.39 is 0 Å². The highest BCUT2D eigenvalue weighted by molar-refractivity contribution is 5.89. The van der Waals surface area contributed by atoms with E-state index in [4.69, 9.17) is 0 Å². The molecule has 4 aliphatic rings. The average molecular weight is 406 g/mol. The van der Waals surface area contributed by atoms with Crippen LogP contribution < -0.4 is 5.32 Å². The third kappa shape index (κ3) is 2.84. The maximum atomic E-state index is 13.6. The molecule has 0 aromatic heterocycles. The average Bonchev–Trinajstić information content (AvgIpc) is 3.11. The van der Waals surface area contributed by atoms with Crippen LogP contribution in [0.2, 0.25) is 0 Å². The van der Waals surface area contributed by atoms with E-state index in [1.54, 1.807) is 6.08 Å². The highest BCUT2D eigenvalue weighted by Gasteiger charge is 2.61. The fourth-order valence-electron chi connectivity index (χ4n) is 8.01. The maximum absolute atomic E-state index is 13.6. The summed E-state index contributed by atoms with van der Waals surface area (Å²) in [5, 5.41) is 3.24. The quantitative estimate of drug-likeness (QED) is 0.744. The van der Waals surface area contributed by atoms with Gasteiger partial charge in [-0.25, -0.2) is 0 Å². The molecule has 1 aromatic carbocycles. The molecule has 3 nitrogen and oxygen atoms in total. The minimum Gasteiger partial charge on any atom is -0.349 e. The van der Waals surface area contributed by atoms with Crippen molar-refractivity contribution < 1.29 is 9.59 Å². The SMILES string of the molecule is CC(C(=O)[C@H]1CC[C@H]2[C@@H]3CC[C@H]4NC(=O)C=C[C@]4(C)[C@H]3CC[C@]12C)c1ccccc1. The molecule has 1 aliphatic heterocycles. The van der Waals surface area contributed by atoms with Gasteiger partial charge in [0, 0.05) is 23.3 Å². The molecule has 3 aliphatic carbocycles. The number of fused-ring (bicyclic) bond motifs is 5. The number of benzene rings is 1. The van der Waals surface area contributed by atoms with Gasteiger partial charge in [-0.3, -0.25) is 9.59 Å². The van der Waals surface area contributed by atoms with Gasteiger partial charge in [-0.1, -0.05) is 57.2 Å². The van der Waals surface area contributed by atoms with E-state index in [-0.39, 0.29) is 34.6 Å². The van der Waals surface area contributed by atoms with Gasteiger partial charge >= 0.3 is 0 Å². The Hall–Kier alpha value is -1.90. The minimum atomic E-state index is -0.0192. The van der Waals surface area contributed by atoms with E-state index in [0.29, 0.717) is 23.5 Å². The maximum Gasteiger partial charge on any atom is 0.243 e. The third-order valence-electron chi connectivity index (χ3n) is 9.76. The molecule has 3 saturated carbocycles. The number of Topliss-reactive ketones (excluding diaryl/α,β-unsaturated/α-hetero) is 1.